The smallest absolute Gasteiger partial charge is 0.410 e. The van der Waals surface area contributed by atoms with Crippen LogP contribution < -0.4 is 10.6 Å². The predicted octanol–water partition coefficient (Wildman–Crippen LogP) is 5.09. The first kappa shape index (κ1) is 52.8. The number of aliphatic hydroxyl groups excluding tert-OH is 1. The molecular weight excluding hydrogens is 789 g/mol. The summed E-state index contributed by atoms with van der Waals surface area (Å²) in [5, 5.41) is 27.7. The third-order valence-electron chi connectivity index (χ3n) is 11.8. The molecule has 0 spiro atoms. The van der Waals surface area contributed by atoms with Gasteiger partial charge in [0.1, 0.15) is 17.7 Å². The Labute approximate surface area is 362 Å². The molecule has 2 rings (SSSR count). The highest BCUT2D eigenvalue weighted by molar-refractivity contribution is 5.92. The Balaban J connectivity index is 2.28. The fourth-order valence-corrected chi connectivity index (χ4v) is 8.17. The average Bonchev–Trinajstić information content (AvgIpc) is 3.67. The Kier molecular flexibility index (Phi) is 20.1. The topological polar surface area (TPSA) is 210 Å². The molecule has 1 aliphatic rings. The van der Waals surface area contributed by atoms with Crippen LogP contribution in [0.4, 0.5) is 10.5 Å². The van der Waals surface area contributed by atoms with Crippen molar-refractivity contribution in [3.05, 3.63) is 39.9 Å². The van der Waals surface area contributed by atoms with Gasteiger partial charge in [0.25, 0.3) is 5.69 Å². The number of nitro groups is 1. The molecule has 61 heavy (non-hydrogen) atoms. The standard InChI is InChI=1S/C44H74N6O11/c1-16-27(6)37(47(12)42(55)35(25(2)3)46-41(54)36(26(4)5)48(13)43(56)61-44(9,10)11)33(59-14)24-34(51)49-23-17-18-32(49)39(60-15)28(7)40(53)45-29(8)38(52)30-19-21-31(22-20-30)50(57)58/h19-22,25-29,32-33,35-39,52H,16-18,23-24H2,1-15H3,(H,45,53)(H,46,54)/t27-,28+,29+,32-,33+,35-,36-,37-,38?,39+/m0/s1. The Hall–Kier alpha value is -4.35. The zero-order chi connectivity index (χ0) is 46.7. The fourth-order valence-electron chi connectivity index (χ4n) is 8.17. The van der Waals surface area contributed by atoms with Gasteiger partial charge in [-0.05, 0) is 76.0 Å². The highest BCUT2D eigenvalue weighted by Crippen LogP contribution is 2.30. The quantitative estimate of drug-likeness (QED) is 0.110. The molecule has 17 nitrogen and oxygen atoms in total. The molecule has 1 aromatic rings. The van der Waals surface area contributed by atoms with Crippen molar-refractivity contribution in [2.75, 3.05) is 34.9 Å². The Morgan fingerprint density at radius 3 is 1.98 bits per heavy atom. The Morgan fingerprint density at radius 2 is 1.51 bits per heavy atom. The third kappa shape index (κ3) is 14.1. The van der Waals surface area contributed by atoms with Gasteiger partial charge in [0.05, 0.1) is 53.7 Å². The van der Waals surface area contributed by atoms with Crippen molar-refractivity contribution < 1.29 is 48.2 Å². The summed E-state index contributed by atoms with van der Waals surface area (Å²) in [6.45, 7) is 20.3. The SMILES string of the molecule is CC[C@H](C)[C@@H]([C@@H](CC(=O)N1CCC[C@H]1[C@H](OC)[C@@H](C)C(=O)N[C@H](C)C(O)c1ccc([N+](=O)[O-])cc1)OC)N(C)C(=O)[C@@H](NC(=O)[C@H](C(C)C)N(C)C(=O)OC(C)(C)C)C(C)C. The van der Waals surface area contributed by atoms with Gasteiger partial charge in [-0.2, -0.15) is 0 Å². The number of hydrogen-bond acceptors (Lipinski definition) is 11. The van der Waals surface area contributed by atoms with Crippen LogP contribution in [0.25, 0.3) is 0 Å². The third-order valence-corrected chi connectivity index (χ3v) is 11.8. The number of aliphatic hydroxyl groups is 1. The molecule has 3 N–H and O–H groups in total. The number of carbonyl (C=O) groups excluding carboxylic acids is 5. The minimum atomic E-state index is -1.13. The molecule has 17 heteroatoms. The summed E-state index contributed by atoms with van der Waals surface area (Å²) >= 11 is 0. The van der Waals surface area contributed by atoms with Crippen LogP contribution >= 0.6 is 0 Å². The number of nitrogens with zero attached hydrogens (tertiary/aromatic N) is 4. The summed E-state index contributed by atoms with van der Waals surface area (Å²) in [6, 6.07) is 1.84. The van der Waals surface area contributed by atoms with Crippen LogP contribution in [0.15, 0.2) is 24.3 Å². The molecule has 0 bridgehead atoms. The van der Waals surface area contributed by atoms with E-state index in [0.717, 1.165) is 0 Å². The predicted molar refractivity (Wildman–Crippen MR) is 231 cm³/mol. The number of hydrogen-bond donors (Lipinski definition) is 3. The lowest BCUT2D eigenvalue weighted by molar-refractivity contribution is -0.384. The molecule has 0 aliphatic carbocycles. The Bertz CT molecular complexity index is 1630. The van der Waals surface area contributed by atoms with Crippen LogP contribution in [0.2, 0.25) is 0 Å². The molecule has 1 aliphatic heterocycles. The van der Waals surface area contributed by atoms with Crippen molar-refractivity contribution in [1.29, 1.82) is 0 Å². The maximum atomic E-state index is 14.4. The number of nitro benzene ring substituents is 1. The zero-order valence-electron chi connectivity index (χ0n) is 39.1. The number of likely N-dealkylation sites (tertiary alicyclic amines) is 1. The number of benzene rings is 1. The maximum Gasteiger partial charge on any atom is 0.410 e. The minimum Gasteiger partial charge on any atom is -0.444 e. The number of ether oxygens (including phenoxy) is 3. The summed E-state index contributed by atoms with van der Waals surface area (Å²) in [5.41, 5.74) is -0.477. The van der Waals surface area contributed by atoms with Crippen LogP contribution in [0.3, 0.4) is 0 Å². The van der Waals surface area contributed by atoms with E-state index in [1.54, 1.807) is 51.5 Å². The van der Waals surface area contributed by atoms with E-state index in [1.165, 1.54) is 50.4 Å². The van der Waals surface area contributed by atoms with E-state index in [4.69, 9.17) is 14.2 Å². The van der Waals surface area contributed by atoms with Crippen molar-refractivity contribution in [2.24, 2.45) is 23.7 Å². The van der Waals surface area contributed by atoms with Crippen LogP contribution in [0.5, 0.6) is 0 Å². The average molecular weight is 863 g/mol. The fraction of sp³-hybridized carbons (Fsp3) is 0.750. The second-order valence-electron chi connectivity index (χ2n) is 18.2. The van der Waals surface area contributed by atoms with E-state index < -0.39 is 82.9 Å². The monoisotopic (exact) mass is 863 g/mol. The largest absolute Gasteiger partial charge is 0.444 e. The normalized spacial score (nSPS) is 18.9. The number of amides is 5. The number of rotatable bonds is 21. The number of carbonyl (C=O) groups is 5. The lowest BCUT2D eigenvalue weighted by atomic mass is 9.89. The van der Waals surface area contributed by atoms with E-state index in [0.29, 0.717) is 31.4 Å². The van der Waals surface area contributed by atoms with Gasteiger partial charge >= 0.3 is 6.09 Å². The number of methoxy groups -OCH3 is 2. The van der Waals surface area contributed by atoms with Crippen LogP contribution in [-0.2, 0) is 33.4 Å². The number of non-ortho nitro benzene ring substituents is 1. The van der Waals surface area contributed by atoms with Crippen molar-refractivity contribution in [2.45, 2.75) is 156 Å². The maximum absolute atomic E-state index is 14.4. The highest BCUT2D eigenvalue weighted by atomic mass is 16.6. The molecule has 0 aromatic heterocycles. The molecule has 1 aromatic carbocycles. The van der Waals surface area contributed by atoms with Gasteiger partial charge in [0, 0.05) is 47.0 Å². The highest BCUT2D eigenvalue weighted by Gasteiger charge is 2.44. The molecule has 0 radical (unpaired) electrons. The second kappa shape index (κ2) is 23.2. The number of nitrogens with one attached hydrogen (secondary N) is 2. The van der Waals surface area contributed by atoms with Gasteiger partial charge in [-0.25, -0.2) is 4.79 Å². The lowest BCUT2D eigenvalue weighted by Crippen LogP contribution is -2.60. The van der Waals surface area contributed by atoms with E-state index in [2.05, 4.69) is 10.6 Å². The summed E-state index contributed by atoms with van der Waals surface area (Å²) in [5.74, 6) is -2.96. The van der Waals surface area contributed by atoms with E-state index in [9.17, 15) is 39.2 Å². The van der Waals surface area contributed by atoms with Crippen molar-refractivity contribution in [3.8, 4) is 0 Å². The Morgan fingerprint density at radius 1 is 0.918 bits per heavy atom. The first-order valence-corrected chi connectivity index (χ1v) is 21.4. The van der Waals surface area contributed by atoms with Crippen molar-refractivity contribution in [1.82, 2.24) is 25.3 Å². The van der Waals surface area contributed by atoms with Gasteiger partial charge in [-0.15, -0.1) is 0 Å². The second-order valence-corrected chi connectivity index (χ2v) is 18.2. The van der Waals surface area contributed by atoms with Gasteiger partial charge < -0.3 is 39.8 Å². The summed E-state index contributed by atoms with van der Waals surface area (Å²) < 4.78 is 17.4. The van der Waals surface area contributed by atoms with Crippen LogP contribution in [0.1, 0.15) is 114 Å². The minimum absolute atomic E-state index is 0.0656. The molecular formula is C44H74N6O11. The molecule has 1 unspecified atom stereocenters. The molecule has 346 valence electrons. The number of likely N-dealkylation sites (N-methyl/N-ethyl adjacent to an activating group) is 2. The first-order chi connectivity index (χ1) is 28.3. The van der Waals surface area contributed by atoms with E-state index >= 15 is 0 Å². The molecule has 10 atom stereocenters. The van der Waals surface area contributed by atoms with Gasteiger partial charge in [0.15, 0.2) is 0 Å². The lowest BCUT2D eigenvalue weighted by Gasteiger charge is -2.41. The van der Waals surface area contributed by atoms with Crippen LogP contribution in [-0.4, -0.2) is 137 Å². The summed E-state index contributed by atoms with van der Waals surface area (Å²) in [4.78, 5) is 84.2. The van der Waals surface area contributed by atoms with Gasteiger partial charge in [0.2, 0.25) is 23.6 Å². The van der Waals surface area contributed by atoms with Gasteiger partial charge in [-0.3, -0.25) is 34.2 Å². The molecule has 5 amide bonds. The summed E-state index contributed by atoms with van der Waals surface area (Å²) in [6.07, 6.45) is -1.35. The molecule has 1 heterocycles. The van der Waals surface area contributed by atoms with E-state index in [-0.39, 0.29) is 41.7 Å². The zero-order valence-corrected chi connectivity index (χ0v) is 39.1. The van der Waals surface area contributed by atoms with Crippen molar-refractivity contribution in [3.63, 3.8) is 0 Å². The first-order valence-electron chi connectivity index (χ1n) is 21.4. The molecule has 1 fully saturated rings. The van der Waals surface area contributed by atoms with Gasteiger partial charge in [-0.1, -0.05) is 54.9 Å². The van der Waals surface area contributed by atoms with Crippen molar-refractivity contribution >= 4 is 35.4 Å². The van der Waals surface area contributed by atoms with Crippen LogP contribution in [0, 0.1) is 33.8 Å². The molecule has 0 saturated carbocycles. The summed E-state index contributed by atoms with van der Waals surface area (Å²) in [7, 11) is 6.16. The van der Waals surface area contributed by atoms with E-state index in [1.807, 2.05) is 41.5 Å². The molecule has 1 saturated heterocycles.